The van der Waals surface area contributed by atoms with E-state index in [4.69, 9.17) is 16.7 Å². The Kier molecular flexibility index (Phi) is 3.72. The number of carboxylic acids is 1. The van der Waals surface area contributed by atoms with Gasteiger partial charge in [0.1, 0.15) is 0 Å². The van der Waals surface area contributed by atoms with Gasteiger partial charge in [-0.05, 0) is 30.5 Å². The van der Waals surface area contributed by atoms with Crippen molar-refractivity contribution in [1.29, 1.82) is 0 Å². The van der Waals surface area contributed by atoms with Gasteiger partial charge in [0, 0.05) is 11.4 Å². The molecule has 0 bridgehead atoms. The maximum Gasteiger partial charge on any atom is 0.332 e. The minimum atomic E-state index is -1.36. The van der Waals surface area contributed by atoms with Gasteiger partial charge in [-0.15, -0.1) is 0 Å². The van der Waals surface area contributed by atoms with Crippen LogP contribution in [0.15, 0.2) is 12.1 Å². The van der Waals surface area contributed by atoms with Crippen LogP contribution in [0.25, 0.3) is 0 Å². The standard InChI is InChI=1S/C11H13ClO3/c1-6-3-8(4-7(2)10(6)12)5-9(13)11(14)15/h3-4,9,13H,5H2,1-2H3,(H,14,15)/t9-/m1/s1. The van der Waals surface area contributed by atoms with Crippen LogP contribution in [0.5, 0.6) is 0 Å². The molecular formula is C11H13ClO3. The van der Waals surface area contributed by atoms with Gasteiger partial charge >= 0.3 is 5.97 Å². The number of carbonyl (C=O) groups is 1. The minimum Gasteiger partial charge on any atom is -0.479 e. The molecule has 0 unspecified atom stereocenters. The Bertz CT molecular complexity index is 364. The predicted octanol–water partition coefficient (Wildman–Crippen LogP) is 1.94. The van der Waals surface area contributed by atoms with Crippen molar-refractivity contribution < 1.29 is 15.0 Å². The first-order valence-electron chi connectivity index (χ1n) is 4.58. The fourth-order valence-corrected chi connectivity index (χ4v) is 1.57. The van der Waals surface area contributed by atoms with Crippen LogP contribution in [0.1, 0.15) is 16.7 Å². The largest absolute Gasteiger partial charge is 0.479 e. The van der Waals surface area contributed by atoms with Crippen LogP contribution in [0, 0.1) is 13.8 Å². The van der Waals surface area contributed by atoms with E-state index >= 15 is 0 Å². The number of aliphatic carboxylic acids is 1. The fourth-order valence-electron chi connectivity index (χ4n) is 1.46. The quantitative estimate of drug-likeness (QED) is 0.832. The Morgan fingerprint density at radius 2 is 1.87 bits per heavy atom. The molecule has 0 radical (unpaired) electrons. The molecule has 0 aliphatic carbocycles. The summed E-state index contributed by atoms with van der Waals surface area (Å²) >= 11 is 5.97. The van der Waals surface area contributed by atoms with Crippen molar-refractivity contribution in [3.8, 4) is 0 Å². The third-order valence-electron chi connectivity index (χ3n) is 2.21. The Hall–Kier alpha value is -1.06. The number of hydrogen-bond acceptors (Lipinski definition) is 2. The zero-order valence-electron chi connectivity index (χ0n) is 8.62. The number of benzene rings is 1. The van der Waals surface area contributed by atoms with E-state index in [-0.39, 0.29) is 6.42 Å². The maximum absolute atomic E-state index is 10.5. The number of aliphatic hydroxyl groups is 1. The van der Waals surface area contributed by atoms with Gasteiger partial charge in [-0.25, -0.2) is 4.79 Å². The molecule has 0 heterocycles. The second kappa shape index (κ2) is 4.64. The van der Waals surface area contributed by atoms with Crippen molar-refractivity contribution in [2.45, 2.75) is 26.4 Å². The molecule has 0 fully saturated rings. The van der Waals surface area contributed by atoms with Gasteiger partial charge in [-0.1, -0.05) is 23.7 Å². The molecule has 0 aliphatic rings. The molecule has 15 heavy (non-hydrogen) atoms. The van der Waals surface area contributed by atoms with E-state index < -0.39 is 12.1 Å². The highest BCUT2D eigenvalue weighted by Crippen LogP contribution is 2.22. The third kappa shape index (κ3) is 2.94. The van der Waals surface area contributed by atoms with E-state index in [1.807, 2.05) is 13.8 Å². The highest BCUT2D eigenvalue weighted by Gasteiger charge is 2.14. The van der Waals surface area contributed by atoms with Crippen molar-refractivity contribution in [3.05, 3.63) is 33.8 Å². The summed E-state index contributed by atoms with van der Waals surface area (Å²) in [6, 6.07) is 3.59. The number of aryl methyl sites for hydroxylation is 2. The fraction of sp³-hybridized carbons (Fsp3) is 0.364. The predicted molar refractivity (Wildman–Crippen MR) is 58.3 cm³/mol. The molecule has 3 nitrogen and oxygen atoms in total. The van der Waals surface area contributed by atoms with E-state index in [0.717, 1.165) is 16.7 Å². The lowest BCUT2D eigenvalue weighted by atomic mass is 10.0. The maximum atomic E-state index is 10.5. The summed E-state index contributed by atoms with van der Waals surface area (Å²) in [5, 5.41) is 18.4. The van der Waals surface area contributed by atoms with E-state index in [2.05, 4.69) is 0 Å². The van der Waals surface area contributed by atoms with Crippen molar-refractivity contribution in [3.63, 3.8) is 0 Å². The molecule has 0 aliphatic heterocycles. The van der Waals surface area contributed by atoms with Gasteiger partial charge in [0.15, 0.2) is 6.10 Å². The molecule has 1 rings (SSSR count). The SMILES string of the molecule is Cc1cc(C[C@@H](O)C(=O)O)cc(C)c1Cl. The van der Waals surface area contributed by atoms with Crippen molar-refractivity contribution in [2.24, 2.45) is 0 Å². The van der Waals surface area contributed by atoms with Gasteiger partial charge in [0.2, 0.25) is 0 Å². The van der Waals surface area contributed by atoms with Crippen LogP contribution in [-0.2, 0) is 11.2 Å². The summed E-state index contributed by atoms with van der Waals surface area (Å²) < 4.78 is 0. The molecule has 0 aromatic heterocycles. The highest BCUT2D eigenvalue weighted by atomic mass is 35.5. The highest BCUT2D eigenvalue weighted by molar-refractivity contribution is 6.32. The van der Waals surface area contributed by atoms with E-state index in [0.29, 0.717) is 5.02 Å². The van der Waals surface area contributed by atoms with Crippen LogP contribution in [0.2, 0.25) is 5.02 Å². The van der Waals surface area contributed by atoms with Gasteiger partial charge < -0.3 is 10.2 Å². The zero-order valence-corrected chi connectivity index (χ0v) is 9.38. The molecule has 1 atom stereocenters. The zero-order chi connectivity index (χ0) is 11.6. The number of halogens is 1. The first-order valence-corrected chi connectivity index (χ1v) is 4.96. The average Bonchev–Trinajstić information content (AvgIpc) is 2.13. The number of hydrogen-bond donors (Lipinski definition) is 2. The Morgan fingerprint density at radius 1 is 1.40 bits per heavy atom. The van der Waals surface area contributed by atoms with Gasteiger partial charge in [-0.2, -0.15) is 0 Å². The molecule has 82 valence electrons. The lowest BCUT2D eigenvalue weighted by molar-refractivity contribution is -0.146. The summed E-state index contributed by atoms with van der Waals surface area (Å²) in [5.41, 5.74) is 2.57. The van der Waals surface area contributed by atoms with Gasteiger partial charge in [0.25, 0.3) is 0 Å². The first-order chi connectivity index (χ1) is 6.91. The van der Waals surface area contributed by atoms with Crippen molar-refractivity contribution in [2.75, 3.05) is 0 Å². The van der Waals surface area contributed by atoms with E-state index in [1.165, 1.54) is 0 Å². The molecule has 0 spiro atoms. The lowest BCUT2D eigenvalue weighted by Crippen LogP contribution is -2.22. The second-order valence-electron chi connectivity index (χ2n) is 3.60. The van der Waals surface area contributed by atoms with Crippen LogP contribution in [0.3, 0.4) is 0 Å². The van der Waals surface area contributed by atoms with Crippen LogP contribution in [-0.4, -0.2) is 22.3 Å². The summed E-state index contributed by atoms with van der Waals surface area (Å²) in [7, 11) is 0. The third-order valence-corrected chi connectivity index (χ3v) is 2.81. The van der Waals surface area contributed by atoms with Crippen LogP contribution < -0.4 is 0 Å². The summed E-state index contributed by atoms with van der Waals surface area (Å²) in [4.78, 5) is 10.5. The lowest BCUT2D eigenvalue weighted by Gasteiger charge is -2.09. The van der Waals surface area contributed by atoms with Crippen molar-refractivity contribution in [1.82, 2.24) is 0 Å². The van der Waals surface area contributed by atoms with Crippen LogP contribution in [0.4, 0.5) is 0 Å². The van der Waals surface area contributed by atoms with Gasteiger partial charge in [-0.3, -0.25) is 0 Å². The molecule has 0 saturated heterocycles. The molecule has 2 N–H and O–H groups in total. The summed E-state index contributed by atoms with van der Waals surface area (Å²) in [6.07, 6.45) is -1.25. The molecular weight excluding hydrogens is 216 g/mol. The molecule has 1 aromatic rings. The molecule has 1 aromatic carbocycles. The molecule has 0 amide bonds. The Balaban J connectivity index is 2.92. The first kappa shape index (κ1) is 12.0. The summed E-state index contributed by atoms with van der Waals surface area (Å²) in [5.74, 6) is -1.21. The summed E-state index contributed by atoms with van der Waals surface area (Å²) in [6.45, 7) is 3.71. The van der Waals surface area contributed by atoms with Gasteiger partial charge in [0.05, 0.1) is 0 Å². The average molecular weight is 229 g/mol. The van der Waals surface area contributed by atoms with Crippen LogP contribution >= 0.6 is 11.6 Å². The van der Waals surface area contributed by atoms with E-state index in [1.54, 1.807) is 12.1 Å². The Morgan fingerprint density at radius 3 is 2.27 bits per heavy atom. The van der Waals surface area contributed by atoms with E-state index in [9.17, 15) is 9.90 Å². The topological polar surface area (TPSA) is 57.5 Å². The number of rotatable bonds is 3. The molecule has 4 heteroatoms. The van der Waals surface area contributed by atoms with Crippen molar-refractivity contribution >= 4 is 17.6 Å². The Labute approximate surface area is 93.3 Å². The minimum absolute atomic E-state index is 0.105. The monoisotopic (exact) mass is 228 g/mol. The second-order valence-corrected chi connectivity index (χ2v) is 3.98. The number of carboxylic acid groups (broad SMARTS) is 1. The normalized spacial score (nSPS) is 12.5. The smallest absolute Gasteiger partial charge is 0.332 e. The molecule has 0 saturated carbocycles. The number of aliphatic hydroxyl groups excluding tert-OH is 1.